The number of aliphatic hydroxyl groups is 1. The summed E-state index contributed by atoms with van der Waals surface area (Å²) < 4.78 is 29.8. The van der Waals surface area contributed by atoms with Crippen molar-refractivity contribution in [2.24, 2.45) is 0 Å². The van der Waals surface area contributed by atoms with E-state index in [0.29, 0.717) is 47.4 Å². The number of carbonyl (C=O) groups is 1. The van der Waals surface area contributed by atoms with Crippen LogP contribution in [0, 0.1) is 0 Å². The predicted octanol–water partition coefficient (Wildman–Crippen LogP) is 4.86. The smallest absolute Gasteiger partial charge is 0.420 e. The van der Waals surface area contributed by atoms with Crippen molar-refractivity contribution in [1.29, 1.82) is 0 Å². The van der Waals surface area contributed by atoms with Crippen LogP contribution in [0.1, 0.15) is 16.8 Å². The summed E-state index contributed by atoms with van der Waals surface area (Å²) >= 11 is 11.0. The maximum absolute atomic E-state index is 12.8. The lowest BCUT2D eigenvalue weighted by Gasteiger charge is -2.21. The van der Waals surface area contributed by atoms with E-state index in [4.69, 9.17) is 23.2 Å². The Morgan fingerprint density at radius 1 is 1.21 bits per heavy atom. The topological polar surface area (TPSA) is 99.6 Å². The van der Waals surface area contributed by atoms with E-state index in [9.17, 15) is 18.7 Å². The van der Waals surface area contributed by atoms with Crippen LogP contribution in [0.2, 0.25) is 5.02 Å². The zero-order valence-corrected chi connectivity index (χ0v) is 19.0. The molecule has 0 saturated carbocycles. The molecular weight excluding hydrogens is 491 g/mol. The highest BCUT2D eigenvalue weighted by atomic mass is 35.5. The van der Waals surface area contributed by atoms with Crippen LogP contribution in [-0.4, -0.2) is 45.7 Å². The Bertz CT molecular complexity index is 1180. The summed E-state index contributed by atoms with van der Waals surface area (Å²) in [5, 5.41) is 16.2. The first-order valence-electron chi connectivity index (χ1n) is 10.1. The van der Waals surface area contributed by atoms with Crippen LogP contribution in [0.25, 0.3) is 0 Å². The van der Waals surface area contributed by atoms with Gasteiger partial charge in [-0.3, -0.25) is 9.78 Å². The second-order valence-electron chi connectivity index (χ2n) is 7.49. The normalized spacial score (nSPS) is 15.8. The van der Waals surface area contributed by atoms with Crippen molar-refractivity contribution in [3.05, 3.63) is 65.6 Å². The molecule has 3 heterocycles. The number of β-amino-alcohol motifs (C(OH)–C–C–N with tert-alkyl or cyclic N) is 1. The number of nitrogens with zero attached hydrogens (tertiary/aromatic N) is 3. The van der Waals surface area contributed by atoms with Crippen molar-refractivity contribution < 1.29 is 23.4 Å². The summed E-state index contributed by atoms with van der Waals surface area (Å²) in [6.07, 6.45) is 4.65. The van der Waals surface area contributed by atoms with Crippen molar-refractivity contribution in [3.8, 4) is 5.75 Å². The third-order valence-electron chi connectivity index (χ3n) is 4.97. The number of nitrogens with one attached hydrogen (secondary N) is 2. The number of alkyl halides is 3. The van der Waals surface area contributed by atoms with Crippen molar-refractivity contribution in [3.63, 3.8) is 0 Å². The quantitative estimate of drug-likeness (QED) is 0.391. The fourth-order valence-corrected chi connectivity index (χ4v) is 3.66. The van der Waals surface area contributed by atoms with E-state index in [1.54, 1.807) is 24.5 Å². The second-order valence-corrected chi connectivity index (χ2v) is 8.34. The minimum absolute atomic E-state index is 0.156. The standard InChI is InChI=1S/C22H19Cl2F2N5O3/c23-17-5-7-27-11-19(17)30-18-9-13(10-28-20(18)31-8-6-15(32)12-31)21(33)29-14-1-3-16(4-2-14)34-22(24,25)26/h1-5,7,9-11,15,30,32H,6,8,12H2,(H,29,33)/t15-/m1/s1. The van der Waals surface area contributed by atoms with E-state index in [1.165, 1.54) is 30.5 Å². The number of aromatic nitrogens is 2. The first-order chi connectivity index (χ1) is 16.2. The maximum atomic E-state index is 12.8. The van der Waals surface area contributed by atoms with Crippen molar-refractivity contribution in [2.45, 2.75) is 18.1 Å². The lowest BCUT2D eigenvalue weighted by molar-refractivity contribution is -0.0964. The van der Waals surface area contributed by atoms with Gasteiger partial charge >= 0.3 is 5.57 Å². The van der Waals surface area contributed by atoms with Crippen LogP contribution < -0.4 is 20.3 Å². The van der Waals surface area contributed by atoms with Gasteiger partial charge < -0.3 is 25.4 Å². The van der Waals surface area contributed by atoms with Gasteiger partial charge in [0.15, 0.2) is 5.82 Å². The number of halogens is 4. The van der Waals surface area contributed by atoms with E-state index >= 15 is 0 Å². The van der Waals surface area contributed by atoms with Gasteiger partial charge in [0.1, 0.15) is 5.75 Å². The molecule has 0 unspecified atom stereocenters. The van der Waals surface area contributed by atoms with Crippen LogP contribution in [0.15, 0.2) is 55.0 Å². The molecule has 1 amide bonds. The van der Waals surface area contributed by atoms with Crippen molar-refractivity contribution in [2.75, 3.05) is 28.6 Å². The molecule has 1 fully saturated rings. The SMILES string of the molecule is O=C(Nc1ccc(OC(F)(F)Cl)cc1)c1cnc(N2CC[C@@H](O)C2)c(Nc2cnccc2Cl)c1. The van der Waals surface area contributed by atoms with Gasteiger partial charge in [-0.2, -0.15) is 0 Å². The van der Waals surface area contributed by atoms with E-state index in [-0.39, 0.29) is 11.3 Å². The molecule has 3 aromatic rings. The molecule has 0 bridgehead atoms. The fourth-order valence-electron chi connectivity index (χ4n) is 3.42. The number of aliphatic hydroxyl groups excluding tert-OH is 1. The highest BCUT2D eigenvalue weighted by molar-refractivity contribution is 6.33. The molecule has 4 rings (SSSR count). The molecule has 8 nitrogen and oxygen atoms in total. The van der Waals surface area contributed by atoms with Crippen LogP contribution in [0.4, 0.5) is 31.7 Å². The second kappa shape index (κ2) is 9.96. The number of amides is 1. The van der Waals surface area contributed by atoms with Gasteiger partial charge in [-0.15, -0.1) is 8.78 Å². The summed E-state index contributed by atoms with van der Waals surface area (Å²) in [4.78, 5) is 23.3. The Hall–Kier alpha value is -3.21. The van der Waals surface area contributed by atoms with Crippen molar-refractivity contribution in [1.82, 2.24) is 9.97 Å². The van der Waals surface area contributed by atoms with Gasteiger partial charge in [0, 0.05) is 42.8 Å². The average molecular weight is 510 g/mol. The summed E-state index contributed by atoms with van der Waals surface area (Å²) in [7, 11) is 0. The number of benzene rings is 1. The number of hydrogen-bond acceptors (Lipinski definition) is 7. The molecule has 1 aromatic carbocycles. The van der Waals surface area contributed by atoms with Crippen LogP contribution in [0.3, 0.4) is 0 Å². The third-order valence-corrected chi connectivity index (χ3v) is 5.38. The fraction of sp³-hybridized carbons (Fsp3) is 0.227. The number of carbonyl (C=O) groups excluding carboxylic acids is 1. The van der Waals surface area contributed by atoms with Gasteiger partial charge in [0.05, 0.1) is 34.3 Å². The number of hydrogen-bond donors (Lipinski definition) is 3. The Kier molecular flexibility index (Phi) is 7.01. The molecule has 0 aliphatic carbocycles. The first-order valence-corrected chi connectivity index (χ1v) is 10.9. The monoisotopic (exact) mass is 509 g/mol. The van der Waals surface area contributed by atoms with Gasteiger partial charge in [-0.25, -0.2) is 4.98 Å². The highest BCUT2D eigenvalue weighted by Gasteiger charge is 2.27. The Morgan fingerprint density at radius 2 is 1.97 bits per heavy atom. The Labute approximate surface area is 203 Å². The van der Waals surface area contributed by atoms with E-state index in [1.807, 2.05) is 4.90 Å². The maximum Gasteiger partial charge on any atom is 0.487 e. The number of anilines is 4. The van der Waals surface area contributed by atoms with Gasteiger partial charge in [-0.05, 0) is 42.8 Å². The number of pyridine rings is 2. The molecule has 2 aromatic heterocycles. The first kappa shape index (κ1) is 23.9. The molecule has 0 radical (unpaired) electrons. The lowest BCUT2D eigenvalue weighted by atomic mass is 10.2. The van der Waals surface area contributed by atoms with E-state index in [0.717, 1.165) is 0 Å². The molecule has 0 spiro atoms. The predicted molar refractivity (Wildman–Crippen MR) is 125 cm³/mol. The van der Waals surface area contributed by atoms with Crippen LogP contribution in [0.5, 0.6) is 5.75 Å². The van der Waals surface area contributed by atoms with Gasteiger partial charge in [-0.1, -0.05) is 11.6 Å². The Morgan fingerprint density at radius 3 is 2.62 bits per heavy atom. The summed E-state index contributed by atoms with van der Waals surface area (Å²) in [6.45, 7) is 1.01. The largest absolute Gasteiger partial charge is 0.487 e. The summed E-state index contributed by atoms with van der Waals surface area (Å²) in [5.74, 6) is -0.0784. The van der Waals surface area contributed by atoms with Crippen LogP contribution in [-0.2, 0) is 0 Å². The zero-order chi connectivity index (χ0) is 24.3. The average Bonchev–Trinajstić information content (AvgIpc) is 3.21. The molecule has 3 N–H and O–H groups in total. The minimum atomic E-state index is -3.83. The summed E-state index contributed by atoms with van der Waals surface area (Å²) in [6, 6.07) is 8.54. The minimum Gasteiger partial charge on any atom is -0.420 e. The Balaban J connectivity index is 1.56. The van der Waals surface area contributed by atoms with E-state index < -0.39 is 17.6 Å². The number of rotatable bonds is 7. The number of ether oxygens (including phenoxy) is 1. The zero-order valence-electron chi connectivity index (χ0n) is 17.5. The van der Waals surface area contributed by atoms with Crippen molar-refractivity contribution >= 4 is 52.0 Å². The molecule has 1 aliphatic heterocycles. The van der Waals surface area contributed by atoms with Gasteiger partial charge in [0.25, 0.3) is 5.91 Å². The molecule has 178 valence electrons. The lowest BCUT2D eigenvalue weighted by Crippen LogP contribution is -2.24. The highest BCUT2D eigenvalue weighted by Crippen LogP contribution is 2.33. The molecule has 1 saturated heterocycles. The molecular formula is C22H19Cl2F2N5O3. The van der Waals surface area contributed by atoms with Gasteiger partial charge in [0.2, 0.25) is 0 Å². The molecule has 34 heavy (non-hydrogen) atoms. The van der Waals surface area contributed by atoms with E-state index in [2.05, 4.69) is 25.3 Å². The van der Waals surface area contributed by atoms with Crippen LogP contribution >= 0.6 is 23.2 Å². The molecule has 12 heteroatoms. The third kappa shape index (κ3) is 6.02. The molecule has 1 atom stereocenters. The molecule has 1 aliphatic rings. The summed E-state index contributed by atoms with van der Waals surface area (Å²) in [5.41, 5.74) is -2.21.